The quantitative estimate of drug-likeness (QED) is 0.160. The fraction of sp³-hybridized carbons (Fsp3) is 0.810. The number of rotatable bonds is 20. The zero-order chi connectivity index (χ0) is 21.3. The lowest BCUT2D eigenvalue weighted by Crippen LogP contribution is -2.19. The van der Waals surface area contributed by atoms with Crippen molar-refractivity contribution in [2.24, 2.45) is 5.92 Å². The van der Waals surface area contributed by atoms with Gasteiger partial charge in [0.2, 0.25) is 0 Å². The van der Waals surface area contributed by atoms with Crippen molar-refractivity contribution in [3.05, 3.63) is 12.7 Å². The van der Waals surface area contributed by atoms with Crippen LogP contribution in [0.2, 0.25) is 0 Å². The molecule has 0 saturated heterocycles. The molecule has 0 aromatic heterocycles. The zero-order valence-electron chi connectivity index (χ0n) is 17.1. The van der Waals surface area contributed by atoms with Crippen LogP contribution in [0, 0.1) is 5.92 Å². The molecule has 7 heteroatoms. The average molecular weight is 419 g/mol. The third-order valence-electron chi connectivity index (χ3n) is 4.83. The molecule has 0 rings (SSSR count). The van der Waals surface area contributed by atoms with E-state index in [1.807, 2.05) is 6.08 Å². The monoisotopic (exact) mass is 418 g/mol. The first-order valence-electron chi connectivity index (χ1n) is 10.5. The first kappa shape index (κ1) is 26.8. The highest BCUT2D eigenvalue weighted by molar-refractivity contribution is 7.85. The molecule has 164 valence electrons. The summed E-state index contributed by atoms with van der Waals surface area (Å²) in [7, 11) is -4.09. The second kappa shape index (κ2) is 16.7. The molecule has 1 unspecified atom stereocenters. The van der Waals surface area contributed by atoms with E-state index in [1.165, 1.54) is 0 Å². The van der Waals surface area contributed by atoms with Gasteiger partial charge in [0.05, 0.1) is 5.75 Å². The molecule has 2 N–H and O–H groups in total. The van der Waals surface area contributed by atoms with Gasteiger partial charge >= 0.3 is 5.97 Å². The predicted molar refractivity (Wildman–Crippen MR) is 112 cm³/mol. The van der Waals surface area contributed by atoms with Crippen LogP contribution < -0.4 is 0 Å². The van der Waals surface area contributed by atoms with E-state index in [2.05, 4.69) is 6.58 Å². The summed E-state index contributed by atoms with van der Waals surface area (Å²) in [5.74, 6) is -1.42. The molecule has 0 aliphatic carbocycles. The minimum atomic E-state index is -4.09. The highest BCUT2D eigenvalue weighted by Gasteiger charge is 2.19. The number of carboxylic acids is 1. The van der Waals surface area contributed by atoms with Crippen molar-refractivity contribution < 1.29 is 27.7 Å². The lowest BCUT2D eigenvalue weighted by atomic mass is 9.95. The van der Waals surface area contributed by atoms with Gasteiger partial charge < -0.3 is 5.11 Å². The van der Waals surface area contributed by atoms with Crippen LogP contribution in [0.1, 0.15) is 96.3 Å². The number of Topliss-reactive ketones (excluding diaryl/α,β-unsaturated/α-hetero) is 1. The Balaban J connectivity index is 4.04. The predicted octanol–water partition coefficient (Wildman–Crippen LogP) is 5.18. The van der Waals surface area contributed by atoms with Crippen LogP contribution in [0.5, 0.6) is 0 Å². The maximum absolute atomic E-state index is 12.2. The number of hydrogen-bond acceptors (Lipinski definition) is 4. The van der Waals surface area contributed by atoms with Crippen LogP contribution in [-0.4, -0.2) is 35.6 Å². The van der Waals surface area contributed by atoms with Gasteiger partial charge in [-0.15, -0.1) is 6.58 Å². The Bertz CT molecular complexity index is 541. The Morgan fingerprint density at radius 1 is 0.857 bits per heavy atom. The molecule has 28 heavy (non-hydrogen) atoms. The fourth-order valence-electron chi connectivity index (χ4n) is 3.35. The van der Waals surface area contributed by atoms with Gasteiger partial charge in [-0.1, -0.05) is 51.0 Å². The lowest BCUT2D eigenvalue weighted by Gasteiger charge is -2.14. The number of carbonyl (C=O) groups is 2. The molecule has 0 heterocycles. The number of unbranched alkanes of at least 4 members (excludes halogenated alkanes) is 9. The Morgan fingerprint density at radius 2 is 1.39 bits per heavy atom. The Labute approximate surface area is 170 Å². The Morgan fingerprint density at radius 3 is 1.96 bits per heavy atom. The molecule has 0 aliphatic rings. The topological polar surface area (TPSA) is 109 Å². The molecule has 1 atom stereocenters. The van der Waals surface area contributed by atoms with Gasteiger partial charge in [0.25, 0.3) is 10.1 Å². The molecule has 0 amide bonds. The first-order chi connectivity index (χ1) is 13.2. The minimum Gasteiger partial charge on any atom is -0.481 e. The smallest absolute Gasteiger partial charge is 0.303 e. The maximum atomic E-state index is 12.2. The summed E-state index contributed by atoms with van der Waals surface area (Å²) in [6, 6.07) is 0. The standard InChI is InChI=1S/C21H38O6S/c1-2-3-4-5-6-9-12-15-20(22)17-19(18-28(25,26)27)14-11-8-7-10-13-16-21(23)24/h2,19H,1,3-18H2,(H,23,24)(H,25,26,27). The highest BCUT2D eigenvalue weighted by atomic mass is 32.2. The van der Waals surface area contributed by atoms with Gasteiger partial charge in [-0.05, 0) is 38.0 Å². The number of allylic oxidation sites excluding steroid dienone is 1. The van der Waals surface area contributed by atoms with Gasteiger partial charge in [-0.25, -0.2) is 0 Å². The van der Waals surface area contributed by atoms with Gasteiger partial charge in [0, 0.05) is 19.3 Å². The summed E-state index contributed by atoms with van der Waals surface area (Å²) in [6.45, 7) is 3.69. The van der Waals surface area contributed by atoms with Crippen LogP contribution >= 0.6 is 0 Å². The third-order valence-corrected chi connectivity index (χ3v) is 5.72. The molecular formula is C21H38O6S. The summed E-state index contributed by atoms with van der Waals surface area (Å²) < 4.78 is 31.6. The fourth-order valence-corrected chi connectivity index (χ4v) is 4.23. The van der Waals surface area contributed by atoms with Crippen LogP contribution in [0.15, 0.2) is 12.7 Å². The number of carboxylic acid groups (broad SMARTS) is 1. The minimum absolute atomic E-state index is 0.0706. The van der Waals surface area contributed by atoms with Crippen molar-refractivity contribution in [2.45, 2.75) is 96.3 Å². The Kier molecular flexibility index (Phi) is 16.0. The van der Waals surface area contributed by atoms with Gasteiger partial charge in [0.1, 0.15) is 5.78 Å². The van der Waals surface area contributed by atoms with E-state index in [0.29, 0.717) is 19.3 Å². The molecule has 0 bridgehead atoms. The molecule has 6 nitrogen and oxygen atoms in total. The van der Waals surface area contributed by atoms with E-state index in [0.717, 1.165) is 64.2 Å². The van der Waals surface area contributed by atoms with E-state index >= 15 is 0 Å². The molecule has 0 aromatic rings. The van der Waals surface area contributed by atoms with E-state index in [1.54, 1.807) is 0 Å². The Hall–Kier alpha value is -1.21. The molecule has 0 aliphatic heterocycles. The van der Waals surface area contributed by atoms with Crippen molar-refractivity contribution in [3.8, 4) is 0 Å². The van der Waals surface area contributed by atoms with Crippen molar-refractivity contribution in [1.82, 2.24) is 0 Å². The second-order valence-corrected chi connectivity index (χ2v) is 9.15. The molecule has 0 spiro atoms. The first-order valence-corrected chi connectivity index (χ1v) is 12.1. The zero-order valence-corrected chi connectivity index (χ0v) is 17.9. The number of ketones is 1. The van der Waals surface area contributed by atoms with Gasteiger partial charge in [0.15, 0.2) is 0 Å². The van der Waals surface area contributed by atoms with Crippen molar-refractivity contribution in [3.63, 3.8) is 0 Å². The van der Waals surface area contributed by atoms with Crippen LogP contribution in [0.25, 0.3) is 0 Å². The molecular weight excluding hydrogens is 380 g/mol. The summed E-state index contributed by atoms with van der Waals surface area (Å²) in [5, 5.41) is 8.59. The molecule has 0 radical (unpaired) electrons. The number of aliphatic carboxylic acids is 1. The van der Waals surface area contributed by atoms with E-state index < -0.39 is 16.1 Å². The van der Waals surface area contributed by atoms with E-state index in [9.17, 15) is 18.0 Å². The number of hydrogen-bond donors (Lipinski definition) is 2. The van der Waals surface area contributed by atoms with E-state index in [4.69, 9.17) is 9.66 Å². The van der Waals surface area contributed by atoms with Crippen LogP contribution in [0.3, 0.4) is 0 Å². The maximum Gasteiger partial charge on any atom is 0.303 e. The molecule has 0 aromatic carbocycles. The number of carbonyl (C=O) groups excluding carboxylic acids is 1. The summed E-state index contributed by atoms with van der Waals surface area (Å²) in [5.41, 5.74) is 0. The molecule has 0 fully saturated rings. The molecule has 0 saturated carbocycles. The van der Waals surface area contributed by atoms with Gasteiger partial charge in [-0.2, -0.15) is 8.42 Å². The average Bonchev–Trinajstić information content (AvgIpc) is 2.58. The highest BCUT2D eigenvalue weighted by Crippen LogP contribution is 2.19. The summed E-state index contributed by atoms with van der Waals surface area (Å²) >= 11 is 0. The summed E-state index contributed by atoms with van der Waals surface area (Å²) in [4.78, 5) is 22.6. The van der Waals surface area contributed by atoms with Crippen molar-refractivity contribution >= 4 is 21.9 Å². The normalized spacial score (nSPS) is 12.6. The second-order valence-electron chi connectivity index (χ2n) is 7.65. The lowest BCUT2D eigenvalue weighted by molar-refractivity contribution is -0.137. The largest absolute Gasteiger partial charge is 0.481 e. The van der Waals surface area contributed by atoms with Crippen LogP contribution in [-0.2, 0) is 19.7 Å². The SMILES string of the molecule is C=CCCCCCCCC(=O)CC(CCCCCCCC(=O)O)CS(=O)(=O)O. The third kappa shape index (κ3) is 19.5. The summed E-state index contributed by atoms with van der Waals surface area (Å²) in [6.07, 6.45) is 13.6. The van der Waals surface area contributed by atoms with Crippen molar-refractivity contribution in [2.75, 3.05) is 5.75 Å². The van der Waals surface area contributed by atoms with Crippen molar-refractivity contribution in [1.29, 1.82) is 0 Å². The van der Waals surface area contributed by atoms with E-state index in [-0.39, 0.29) is 30.3 Å². The van der Waals surface area contributed by atoms with Crippen LogP contribution in [0.4, 0.5) is 0 Å². The van der Waals surface area contributed by atoms with Gasteiger partial charge in [-0.3, -0.25) is 14.1 Å².